The SMILES string of the molecule is O=C(CN1C(=O)NC2(CCc3ccccc32)C1=O)NCc1ccc(CN2CCCC2)cc1. The van der Waals surface area contributed by atoms with Crippen LogP contribution in [0.1, 0.15) is 41.5 Å². The number of hydrogen-bond donors (Lipinski definition) is 2. The molecule has 2 N–H and O–H groups in total. The number of carbonyl (C=O) groups is 3. The summed E-state index contributed by atoms with van der Waals surface area (Å²) >= 11 is 0. The second kappa shape index (κ2) is 8.39. The van der Waals surface area contributed by atoms with E-state index in [-0.39, 0.29) is 18.4 Å². The van der Waals surface area contributed by atoms with Crippen LogP contribution >= 0.6 is 0 Å². The number of aryl methyl sites for hydroxylation is 1. The van der Waals surface area contributed by atoms with Gasteiger partial charge in [0.2, 0.25) is 5.91 Å². The average molecular weight is 433 g/mol. The largest absolute Gasteiger partial charge is 0.350 e. The van der Waals surface area contributed by atoms with E-state index in [0.29, 0.717) is 13.0 Å². The summed E-state index contributed by atoms with van der Waals surface area (Å²) in [5.41, 5.74) is 3.14. The van der Waals surface area contributed by atoms with E-state index in [4.69, 9.17) is 0 Å². The topological polar surface area (TPSA) is 81.8 Å². The molecule has 166 valence electrons. The first-order valence-corrected chi connectivity index (χ1v) is 11.3. The van der Waals surface area contributed by atoms with Crippen LogP contribution in [0.2, 0.25) is 0 Å². The van der Waals surface area contributed by atoms with Crippen molar-refractivity contribution in [2.24, 2.45) is 0 Å². The van der Waals surface area contributed by atoms with Gasteiger partial charge in [0, 0.05) is 13.1 Å². The number of likely N-dealkylation sites (tertiary alicyclic amines) is 1. The molecule has 1 unspecified atom stereocenters. The number of nitrogens with one attached hydrogen (secondary N) is 2. The Morgan fingerprint density at radius 3 is 2.50 bits per heavy atom. The minimum absolute atomic E-state index is 0.276. The van der Waals surface area contributed by atoms with Crippen molar-refractivity contribution in [1.82, 2.24) is 20.4 Å². The van der Waals surface area contributed by atoms with Gasteiger partial charge in [-0.25, -0.2) is 4.79 Å². The van der Waals surface area contributed by atoms with Crippen LogP contribution in [-0.4, -0.2) is 47.3 Å². The Balaban J connectivity index is 1.17. The third-order valence-corrected chi connectivity index (χ3v) is 6.84. The van der Waals surface area contributed by atoms with Gasteiger partial charge >= 0.3 is 6.03 Å². The van der Waals surface area contributed by atoms with E-state index in [2.05, 4.69) is 27.7 Å². The van der Waals surface area contributed by atoms with E-state index >= 15 is 0 Å². The van der Waals surface area contributed by atoms with Crippen LogP contribution in [0.5, 0.6) is 0 Å². The van der Waals surface area contributed by atoms with Crippen LogP contribution in [-0.2, 0) is 34.6 Å². The van der Waals surface area contributed by atoms with E-state index in [9.17, 15) is 14.4 Å². The van der Waals surface area contributed by atoms with Crippen molar-refractivity contribution in [3.05, 3.63) is 70.8 Å². The zero-order valence-electron chi connectivity index (χ0n) is 18.1. The van der Waals surface area contributed by atoms with Gasteiger partial charge < -0.3 is 10.6 Å². The highest BCUT2D eigenvalue weighted by atomic mass is 16.2. The second-order valence-corrected chi connectivity index (χ2v) is 8.96. The van der Waals surface area contributed by atoms with Crippen LogP contribution < -0.4 is 10.6 Å². The van der Waals surface area contributed by atoms with Gasteiger partial charge in [0.15, 0.2) is 0 Å². The maximum atomic E-state index is 13.2. The summed E-state index contributed by atoms with van der Waals surface area (Å²) in [6, 6.07) is 15.4. The van der Waals surface area contributed by atoms with E-state index in [1.807, 2.05) is 36.4 Å². The molecule has 1 aliphatic carbocycles. The molecule has 0 bridgehead atoms. The molecule has 1 spiro atoms. The Morgan fingerprint density at radius 2 is 1.72 bits per heavy atom. The molecule has 2 saturated heterocycles. The molecule has 32 heavy (non-hydrogen) atoms. The van der Waals surface area contributed by atoms with Gasteiger partial charge in [-0.15, -0.1) is 0 Å². The number of amides is 4. The maximum Gasteiger partial charge on any atom is 0.325 e. The lowest BCUT2D eigenvalue weighted by Crippen LogP contribution is -2.43. The van der Waals surface area contributed by atoms with Crippen molar-refractivity contribution in [3.8, 4) is 0 Å². The van der Waals surface area contributed by atoms with Crippen LogP contribution in [0.4, 0.5) is 4.79 Å². The highest BCUT2D eigenvalue weighted by molar-refractivity contribution is 6.09. The molecule has 1 atom stereocenters. The summed E-state index contributed by atoms with van der Waals surface area (Å²) in [5, 5.41) is 5.69. The molecule has 0 saturated carbocycles. The van der Waals surface area contributed by atoms with Crippen molar-refractivity contribution in [3.63, 3.8) is 0 Å². The van der Waals surface area contributed by atoms with Gasteiger partial charge in [0.05, 0.1) is 0 Å². The Morgan fingerprint density at radius 1 is 1.00 bits per heavy atom. The first-order chi connectivity index (χ1) is 15.5. The predicted octanol–water partition coefficient (Wildman–Crippen LogP) is 2.29. The molecular weight excluding hydrogens is 404 g/mol. The van der Waals surface area contributed by atoms with E-state index in [0.717, 1.165) is 47.6 Å². The van der Waals surface area contributed by atoms with Crippen molar-refractivity contribution in [2.45, 2.75) is 44.3 Å². The van der Waals surface area contributed by atoms with Gasteiger partial charge in [0.25, 0.3) is 5.91 Å². The molecule has 7 heteroatoms. The second-order valence-electron chi connectivity index (χ2n) is 8.96. The minimum atomic E-state index is -1.03. The molecule has 2 aromatic rings. The maximum absolute atomic E-state index is 13.2. The molecule has 2 aromatic carbocycles. The quantitative estimate of drug-likeness (QED) is 0.687. The third-order valence-electron chi connectivity index (χ3n) is 6.84. The minimum Gasteiger partial charge on any atom is -0.350 e. The monoisotopic (exact) mass is 432 g/mol. The van der Waals surface area contributed by atoms with Crippen LogP contribution in [0.25, 0.3) is 0 Å². The lowest BCUT2D eigenvalue weighted by Gasteiger charge is -2.22. The van der Waals surface area contributed by atoms with Gasteiger partial charge in [-0.3, -0.25) is 19.4 Å². The van der Waals surface area contributed by atoms with Gasteiger partial charge in [-0.05, 0) is 61.0 Å². The summed E-state index contributed by atoms with van der Waals surface area (Å²) < 4.78 is 0. The van der Waals surface area contributed by atoms with Crippen molar-refractivity contribution < 1.29 is 14.4 Å². The fourth-order valence-corrected chi connectivity index (χ4v) is 5.09. The third kappa shape index (κ3) is 3.77. The highest BCUT2D eigenvalue weighted by Crippen LogP contribution is 2.41. The number of urea groups is 1. The van der Waals surface area contributed by atoms with Gasteiger partial charge in [-0.1, -0.05) is 48.5 Å². The lowest BCUT2D eigenvalue weighted by atomic mass is 9.92. The zero-order chi connectivity index (χ0) is 22.1. The van der Waals surface area contributed by atoms with E-state index in [1.165, 1.54) is 18.4 Å². The molecule has 4 amide bonds. The molecule has 7 nitrogen and oxygen atoms in total. The Labute approximate surface area is 187 Å². The van der Waals surface area contributed by atoms with E-state index < -0.39 is 11.6 Å². The summed E-state index contributed by atoms with van der Waals surface area (Å²) in [4.78, 5) is 41.7. The summed E-state index contributed by atoms with van der Waals surface area (Å²) in [6.45, 7) is 3.37. The molecule has 0 aromatic heterocycles. The highest BCUT2D eigenvalue weighted by Gasteiger charge is 2.55. The Hall–Kier alpha value is -3.19. The van der Waals surface area contributed by atoms with Gasteiger partial charge in [-0.2, -0.15) is 0 Å². The standard InChI is InChI=1S/C25H28N4O3/c30-22(26-15-18-7-9-19(10-8-18)16-28-13-3-4-14-28)17-29-23(31)25(27-24(29)32)12-11-20-5-1-2-6-21(20)25/h1-2,5-10H,3-4,11-17H2,(H,26,30)(H,27,32). The first kappa shape index (κ1) is 20.7. The molecule has 2 heterocycles. The average Bonchev–Trinajstić information content (AvgIpc) is 3.50. The Bertz CT molecular complexity index is 1050. The number of benzene rings is 2. The van der Waals surface area contributed by atoms with Crippen LogP contribution in [0.15, 0.2) is 48.5 Å². The summed E-state index contributed by atoms with van der Waals surface area (Å²) in [7, 11) is 0. The summed E-state index contributed by atoms with van der Waals surface area (Å²) in [6.07, 6.45) is 3.80. The Kier molecular flexibility index (Phi) is 5.43. The zero-order valence-corrected chi connectivity index (χ0v) is 18.1. The van der Waals surface area contributed by atoms with Crippen molar-refractivity contribution >= 4 is 17.8 Å². The summed E-state index contributed by atoms with van der Waals surface area (Å²) in [5.74, 6) is -0.688. The fraction of sp³-hybridized carbons (Fsp3) is 0.400. The first-order valence-electron chi connectivity index (χ1n) is 11.3. The normalized spacial score (nSPS) is 22.4. The number of fused-ring (bicyclic) bond motifs is 2. The molecule has 2 aliphatic heterocycles. The van der Waals surface area contributed by atoms with Crippen LogP contribution in [0.3, 0.4) is 0 Å². The number of nitrogens with zero attached hydrogens (tertiary/aromatic N) is 2. The number of imide groups is 1. The van der Waals surface area contributed by atoms with Crippen molar-refractivity contribution in [1.29, 1.82) is 0 Å². The van der Waals surface area contributed by atoms with Crippen molar-refractivity contribution in [2.75, 3.05) is 19.6 Å². The number of rotatable bonds is 6. The molecule has 0 radical (unpaired) electrons. The molecule has 5 rings (SSSR count). The smallest absolute Gasteiger partial charge is 0.325 e. The fourth-order valence-electron chi connectivity index (χ4n) is 5.09. The lowest BCUT2D eigenvalue weighted by molar-refractivity contribution is -0.135. The van der Waals surface area contributed by atoms with Gasteiger partial charge in [0.1, 0.15) is 12.1 Å². The predicted molar refractivity (Wildman–Crippen MR) is 119 cm³/mol. The number of carbonyl (C=O) groups excluding carboxylic acids is 3. The molecule has 2 fully saturated rings. The molecule has 3 aliphatic rings. The number of hydrogen-bond acceptors (Lipinski definition) is 4. The van der Waals surface area contributed by atoms with Crippen LogP contribution in [0, 0.1) is 0 Å². The molecular formula is C25H28N4O3. The van der Waals surface area contributed by atoms with E-state index in [1.54, 1.807) is 0 Å².